The van der Waals surface area contributed by atoms with Gasteiger partial charge in [-0.05, 0) is 43.4 Å². The Kier molecular flexibility index (Phi) is 7.01. The number of hydrogen-bond donors (Lipinski definition) is 3. The molecule has 2 atom stereocenters. The Bertz CT molecular complexity index is 1000. The fraction of sp³-hybridized carbons (Fsp3) is 0.577. The van der Waals surface area contributed by atoms with E-state index in [9.17, 15) is 14.7 Å². The minimum Gasteiger partial charge on any atom is -0.508 e. The van der Waals surface area contributed by atoms with Gasteiger partial charge in [0.1, 0.15) is 18.1 Å². The molecule has 1 aromatic carbocycles. The predicted molar refractivity (Wildman–Crippen MR) is 134 cm³/mol. The Hall–Kier alpha value is -3.03. The lowest BCUT2D eigenvalue weighted by Crippen LogP contribution is -2.63. The lowest BCUT2D eigenvalue weighted by atomic mass is 9.76. The second-order valence-electron chi connectivity index (χ2n) is 11.1. The number of carboxylic acid groups (broad SMARTS) is 1. The van der Waals surface area contributed by atoms with Crippen LogP contribution in [0.5, 0.6) is 0 Å². The second kappa shape index (κ2) is 9.31. The molecule has 2 unspecified atom stereocenters. The highest BCUT2D eigenvalue weighted by Crippen LogP contribution is 2.39. The number of carbonyl (C=O) groups excluding carboxylic acids is 1. The van der Waals surface area contributed by atoms with Gasteiger partial charge in [0.2, 0.25) is 0 Å². The summed E-state index contributed by atoms with van der Waals surface area (Å²) in [5.41, 5.74) is 2.68. The number of aliphatic hydroxyl groups is 1. The van der Waals surface area contributed by atoms with Crippen LogP contribution in [0.4, 0.5) is 5.69 Å². The van der Waals surface area contributed by atoms with E-state index in [2.05, 4.69) is 74.1 Å². The molecule has 0 aliphatic carbocycles. The summed E-state index contributed by atoms with van der Waals surface area (Å²) in [7, 11) is 0. The first-order chi connectivity index (χ1) is 15.7. The van der Waals surface area contributed by atoms with Crippen molar-refractivity contribution in [3.05, 3.63) is 41.3 Å². The van der Waals surface area contributed by atoms with Crippen LogP contribution in [0.1, 0.15) is 60.5 Å². The van der Waals surface area contributed by atoms with E-state index < -0.39 is 24.5 Å². The first-order valence-electron chi connectivity index (χ1n) is 11.8. The maximum Gasteiger partial charge on any atom is 0.322 e. The van der Waals surface area contributed by atoms with E-state index in [1.165, 1.54) is 5.56 Å². The number of carbonyl (C=O) groups is 2. The molecule has 1 aromatic rings. The molecular formula is C26H38N4O4. The van der Waals surface area contributed by atoms with Crippen LogP contribution in [0.2, 0.25) is 0 Å². The van der Waals surface area contributed by atoms with Crippen molar-refractivity contribution in [3.63, 3.8) is 0 Å². The van der Waals surface area contributed by atoms with Crippen molar-refractivity contribution in [1.29, 1.82) is 0 Å². The summed E-state index contributed by atoms with van der Waals surface area (Å²) in [5.74, 6) is -1.16. The molecule has 0 saturated carbocycles. The van der Waals surface area contributed by atoms with Gasteiger partial charge in [0.05, 0.1) is 5.70 Å². The summed E-state index contributed by atoms with van der Waals surface area (Å²) in [6, 6.07) is 7.64. The molecule has 8 nitrogen and oxygen atoms in total. The Morgan fingerprint density at radius 1 is 1.18 bits per heavy atom. The normalized spacial score (nSPS) is 23.0. The fourth-order valence-electron chi connectivity index (χ4n) is 5.04. The number of aliphatic hydroxyl groups excluding tert-OH is 1. The van der Waals surface area contributed by atoms with Crippen molar-refractivity contribution in [2.75, 3.05) is 24.5 Å². The first-order valence-corrected chi connectivity index (χ1v) is 11.8. The third-order valence-corrected chi connectivity index (χ3v) is 6.88. The lowest BCUT2D eigenvalue weighted by Gasteiger charge is -2.52. The van der Waals surface area contributed by atoms with Gasteiger partial charge >= 0.3 is 5.97 Å². The van der Waals surface area contributed by atoms with Gasteiger partial charge in [0.25, 0.3) is 5.91 Å². The summed E-state index contributed by atoms with van der Waals surface area (Å²) in [6.07, 6.45) is 0.760. The van der Waals surface area contributed by atoms with E-state index in [1.807, 2.05) is 11.8 Å². The minimum atomic E-state index is -1.13. The maximum absolute atomic E-state index is 13.0. The molecule has 1 amide bonds. The zero-order valence-electron chi connectivity index (χ0n) is 21.3. The second-order valence-corrected chi connectivity index (χ2v) is 11.1. The Morgan fingerprint density at radius 2 is 1.79 bits per heavy atom. The summed E-state index contributed by atoms with van der Waals surface area (Å²) >= 11 is 0. The monoisotopic (exact) mass is 470 g/mol. The number of carboxylic acids is 1. The smallest absolute Gasteiger partial charge is 0.322 e. The Balaban J connectivity index is 1.85. The van der Waals surface area contributed by atoms with Crippen molar-refractivity contribution < 1.29 is 19.8 Å². The van der Waals surface area contributed by atoms with Crippen LogP contribution < -0.4 is 10.2 Å². The number of amides is 1. The van der Waals surface area contributed by atoms with Crippen molar-refractivity contribution in [3.8, 4) is 0 Å². The third kappa shape index (κ3) is 5.21. The van der Waals surface area contributed by atoms with Crippen molar-refractivity contribution in [2.24, 2.45) is 10.4 Å². The molecule has 0 spiro atoms. The predicted octanol–water partition coefficient (Wildman–Crippen LogP) is 3.68. The molecule has 1 fully saturated rings. The molecule has 0 radical (unpaired) electrons. The van der Waals surface area contributed by atoms with Gasteiger partial charge in [0, 0.05) is 30.2 Å². The number of allylic oxidation sites excluding steroid dienone is 1. The van der Waals surface area contributed by atoms with Crippen LogP contribution in [0.3, 0.4) is 0 Å². The van der Waals surface area contributed by atoms with Crippen molar-refractivity contribution >= 4 is 23.4 Å². The highest BCUT2D eigenvalue weighted by molar-refractivity contribution is 5.94. The third-order valence-electron chi connectivity index (χ3n) is 6.88. The highest BCUT2D eigenvalue weighted by atomic mass is 16.4. The van der Waals surface area contributed by atoms with Crippen LogP contribution >= 0.6 is 0 Å². The number of amidine groups is 1. The quantitative estimate of drug-likeness (QED) is 0.606. The first kappa shape index (κ1) is 25.6. The number of anilines is 1. The Labute approximate surface area is 202 Å². The molecule has 0 bridgehead atoms. The molecular weight excluding hydrogens is 432 g/mol. The summed E-state index contributed by atoms with van der Waals surface area (Å²) in [4.78, 5) is 32.7. The number of rotatable bonds is 5. The minimum absolute atomic E-state index is 0.0721. The number of hydrogen-bond acceptors (Lipinski definition) is 6. The van der Waals surface area contributed by atoms with Gasteiger partial charge in [-0.3, -0.25) is 9.59 Å². The van der Waals surface area contributed by atoms with Gasteiger partial charge < -0.3 is 25.3 Å². The fourth-order valence-corrected chi connectivity index (χ4v) is 5.04. The summed E-state index contributed by atoms with van der Waals surface area (Å²) in [6.45, 7) is 15.5. The van der Waals surface area contributed by atoms with E-state index in [0.29, 0.717) is 11.5 Å². The molecule has 2 aliphatic heterocycles. The highest BCUT2D eigenvalue weighted by Gasteiger charge is 2.46. The summed E-state index contributed by atoms with van der Waals surface area (Å²) < 4.78 is 0. The van der Waals surface area contributed by atoms with Crippen LogP contribution in [0.15, 0.2) is 40.7 Å². The molecule has 3 N–H and O–H groups in total. The van der Waals surface area contributed by atoms with Crippen LogP contribution in [0, 0.1) is 5.41 Å². The van der Waals surface area contributed by atoms with E-state index >= 15 is 0 Å². The van der Waals surface area contributed by atoms with Crippen molar-refractivity contribution in [1.82, 2.24) is 10.2 Å². The number of aliphatic carboxylic acids is 1. The van der Waals surface area contributed by atoms with Gasteiger partial charge in [-0.1, -0.05) is 46.8 Å². The number of benzene rings is 1. The van der Waals surface area contributed by atoms with Gasteiger partial charge in [-0.15, -0.1) is 0 Å². The van der Waals surface area contributed by atoms with E-state index in [0.717, 1.165) is 25.2 Å². The zero-order valence-corrected chi connectivity index (χ0v) is 21.3. The van der Waals surface area contributed by atoms with E-state index in [1.54, 1.807) is 6.92 Å². The summed E-state index contributed by atoms with van der Waals surface area (Å²) in [5, 5.41) is 22.2. The van der Waals surface area contributed by atoms with Crippen molar-refractivity contribution in [2.45, 2.75) is 72.4 Å². The van der Waals surface area contributed by atoms with Crippen LogP contribution in [0.25, 0.3) is 0 Å². The van der Waals surface area contributed by atoms with Crippen LogP contribution in [-0.2, 0) is 15.0 Å². The average molecular weight is 471 g/mol. The van der Waals surface area contributed by atoms with E-state index in [-0.39, 0.29) is 22.6 Å². The van der Waals surface area contributed by atoms with Gasteiger partial charge in [-0.2, -0.15) is 0 Å². The van der Waals surface area contributed by atoms with Gasteiger partial charge in [0.15, 0.2) is 6.04 Å². The average Bonchev–Trinajstić information content (AvgIpc) is 2.73. The molecule has 34 heavy (non-hydrogen) atoms. The van der Waals surface area contributed by atoms with Crippen LogP contribution in [-0.4, -0.2) is 64.5 Å². The van der Waals surface area contributed by atoms with E-state index in [4.69, 9.17) is 5.11 Å². The number of nitrogens with one attached hydrogen (secondary N) is 1. The zero-order chi connectivity index (χ0) is 25.4. The molecule has 3 rings (SSSR count). The molecule has 186 valence electrons. The Morgan fingerprint density at radius 3 is 2.32 bits per heavy atom. The lowest BCUT2D eigenvalue weighted by molar-refractivity contribution is -0.138. The number of nitrogens with zero attached hydrogens (tertiary/aromatic N) is 3. The largest absolute Gasteiger partial charge is 0.508 e. The number of piperidine rings is 1. The SMILES string of the molecule is CC1=NC(C)=C(O)C(C(=O)NCC(=O)O)N1C1CCN(c2ccc(C(C)(C)C)cc2)CC1(C)C. The van der Waals surface area contributed by atoms with Gasteiger partial charge in [-0.25, -0.2) is 4.99 Å². The number of aliphatic imine (C=N–C) groups is 1. The molecule has 0 aromatic heterocycles. The molecule has 1 saturated heterocycles. The molecule has 8 heteroatoms. The maximum atomic E-state index is 13.0. The standard InChI is InChI=1S/C26H38N4O4/c1-16-23(33)22(24(34)27-14-21(31)32)30(17(2)28-16)20-12-13-29(15-26(20,6)7)19-10-8-18(9-11-19)25(3,4)5/h8-11,20,22,33H,12-15H2,1-7H3,(H,27,34)(H,31,32). The topological polar surface area (TPSA) is 105 Å². The molecule has 2 aliphatic rings. The molecule has 2 heterocycles.